The largest absolute Gasteiger partial charge is 0.424 e. The van der Waals surface area contributed by atoms with Crippen molar-refractivity contribution >= 4 is 12.1 Å². The first-order chi connectivity index (χ1) is 15.0. The average molecular weight is 431 g/mol. The Morgan fingerprint density at radius 2 is 1.84 bits per heavy atom. The summed E-state index contributed by atoms with van der Waals surface area (Å²) in [6, 6.07) is 5.36. The predicted octanol–water partition coefficient (Wildman–Crippen LogP) is 4.41. The van der Waals surface area contributed by atoms with Crippen LogP contribution in [-0.4, -0.2) is 44.6 Å². The standard InChI is InChI=1S/C12H10FN3O.C8H13N3O.C2H6.H2/c1-8-2-3-10(16-7-17)4-11(8)12-14-5-9(13)6-15-12;1-7-9-10-8(12-7)6-11-4-2-3-5-11;1-2;/h2-7H,1H3,(H,16,17);2-6H2,1H3;1-2H3;1H. The number of aromatic nitrogens is 4. The molecule has 1 N–H and O–H groups in total. The zero-order chi connectivity index (χ0) is 22.6. The minimum Gasteiger partial charge on any atom is -0.424 e. The van der Waals surface area contributed by atoms with Crippen LogP contribution in [0.1, 0.15) is 45.5 Å². The van der Waals surface area contributed by atoms with Crippen LogP contribution >= 0.6 is 0 Å². The molecule has 0 bridgehead atoms. The van der Waals surface area contributed by atoms with E-state index in [1.54, 1.807) is 12.1 Å². The van der Waals surface area contributed by atoms with Crippen LogP contribution in [0.25, 0.3) is 11.4 Å². The van der Waals surface area contributed by atoms with Gasteiger partial charge in [0.2, 0.25) is 18.2 Å². The Morgan fingerprint density at radius 1 is 1.16 bits per heavy atom. The molecule has 1 saturated heterocycles. The van der Waals surface area contributed by atoms with Crippen molar-refractivity contribution in [2.75, 3.05) is 18.4 Å². The Kier molecular flexibility index (Phi) is 9.70. The van der Waals surface area contributed by atoms with Crippen molar-refractivity contribution in [1.29, 1.82) is 0 Å². The lowest BCUT2D eigenvalue weighted by molar-refractivity contribution is -0.105. The van der Waals surface area contributed by atoms with Gasteiger partial charge in [-0.15, -0.1) is 10.2 Å². The quantitative estimate of drug-likeness (QED) is 0.599. The van der Waals surface area contributed by atoms with Crippen LogP contribution in [0.5, 0.6) is 0 Å². The summed E-state index contributed by atoms with van der Waals surface area (Å²) >= 11 is 0. The Balaban J connectivity index is 0.000000301. The van der Waals surface area contributed by atoms with Crippen molar-refractivity contribution in [3.05, 3.63) is 53.8 Å². The van der Waals surface area contributed by atoms with Crippen molar-refractivity contribution in [3.8, 4) is 11.4 Å². The highest BCUT2D eigenvalue weighted by Gasteiger charge is 2.14. The summed E-state index contributed by atoms with van der Waals surface area (Å²) in [4.78, 5) is 20.5. The number of hydrogen-bond acceptors (Lipinski definition) is 7. The molecule has 0 atom stereocenters. The van der Waals surface area contributed by atoms with Crippen LogP contribution in [0.4, 0.5) is 10.1 Å². The molecular formula is C22H31FN6O2. The van der Waals surface area contributed by atoms with E-state index in [9.17, 15) is 9.18 Å². The van der Waals surface area contributed by atoms with Gasteiger partial charge in [0.1, 0.15) is 0 Å². The van der Waals surface area contributed by atoms with Gasteiger partial charge < -0.3 is 9.73 Å². The summed E-state index contributed by atoms with van der Waals surface area (Å²) in [5.74, 6) is 1.35. The van der Waals surface area contributed by atoms with Crippen molar-refractivity contribution in [3.63, 3.8) is 0 Å². The van der Waals surface area contributed by atoms with Gasteiger partial charge in [0.15, 0.2) is 11.6 Å². The number of nitrogens with one attached hydrogen (secondary N) is 1. The molecule has 8 nitrogen and oxygen atoms in total. The number of nitrogens with zero attached hydrogens (tertiary/aromatic N) is 5. The highest BCUT2D eigenvalue weighted by molar-refractivity contribution is 5.75. The first-order valence-electron chi connectivity index (χ1n) is 10.4. The van der Waals surface area contributed by atoms with Crippen LogP contribution in [0.3, 0.4) is 0 Å². The van der Waals surface area contributed by atoms with E-state index in [1.807, 2.05) is 33.8 Å². The lowest BCUT2D eigenvalue weighted by atomic mass is 10.1. The maximum atomic E-state index is 12.7. The zero-order valence-electron chi connectivity index (χ0n) is 18.4. The number of aryl methyl sites for hydroxylation is 2. The van der Waals surface area contributed by atoms with Gasteiger partial charge in [-0.25, -0.2) is 14.4 Å². The Morgan fingerprint density at radius 3 is 2.42 bits per heavy atom. The maximum Gasteiger partial charge on any atom is 0.230 e. The molecule has 168 valence electrons. The molecule has 0 aliphatic carbocycles. The summed E-state index contributed by atoms with van der Waals surface area (Å²) in [5.41, 5.74) is 2.36. The van der Waals surface area contributed by atoms with E-state index in [2.05, 4.69) is 30.4 Å². The van der Waals surface area contributed by atoms with Crippen molar-refractivity contribution in [1.82, 2.24) is 25.1 Å². The molecule has 31 heavy (non-hydrogen) atoms. The molecule has 0 spiro atoms. The van der Waals surface area contributed by atoms with Gasteiger partial charge in [0.25, 0.3) is 0 Å². The van der Waals surface area contributed by atoms with E-state index in [4.69, 9.17) is 4.42 Å². The molecule has 1 aliphatic heterocycles. The third kappa shape index (κ3) is 7.53. The molecule has 1 aliphatic rings. The first-order valence-corrected chi connectivity index (χ1v) is 10.4. The van der Waals surface area contributed by atoms with Crippen LogP contribution in [0.15, 0.2) is 35.0 Å². The van der Waals surface area contributed by atoms with Crippen LogP contribution in [-0.2, 0) is 11.3 Å². The lowest BCUT2D eigenvalue weighted by Crippen LogP contribution is -2.18. The number of hydrogen-bond donors (Lipinski definition) is 1. The Hall–Kier alpha value is -3.20. The Labute approximate surface area is 183 Å². The molecule has 4 rings (SSSR count). The number of likely N-dealkylation sites (tertiary alicyclic amines) is 1. The van der Waals surface area contributed by atoms with Gasteiger partial charge in [-0.2, -0.15) is 0 Å². The molecule has 0 unspecified atom stereocenters. The average Bonchev–Trinajstić information content (AvgIpc) is 3.44. The van der Waals surface area contributed by atoms with Crippen molar-refractivity contribution in [2.24, 2.45) is 0 Å². The minimum absolute atomic E-state index is 0. The van der Waals surface area contributed by atoms with Crippen molar-refractivity contribution in [2.45, 2.75) is 47.1 Å². The summed E-state index contributed by atoms with van der Waals surface area (Å²) < 4.78 is 18.0. The van der Waals surface area contributed by atoms with E-state index in [-0.39, 0.29) is 1.43 Å². The SMILES string of the molecule is CC.Cc1ccc(NC=O)cc1-c1ncc(F)cn1.Cc1nnc(CN2CCCC2)o1.[HH]. The predicted molar refractivity (Wildman–Crippen MR) is 119 cm³/mol. The minimum atomic E-state index is -0.478. The molecular weight excluding hydrogens is 399 g/mol. The number of benzene rings is 1. The highest BCUT2D eigenvalue weighted by atomic mass is 19.1. The van der Waals surface area contributed by atoms with E-state index < -0.39 is 5.82 Å². The lowest BCUT2D eigenvalue weighted by Gasteiger charge is -2.09. The van der Waals surface area contributed by atoms with Gasteiger partial charge in [-0.3, -0.25) is 9.69 Å². The third-order valence-corrected chi connectivity index (χ3v) is 4.45. The number of carbonyl (C=O) groups is 1. The second kappa shape index (κ2) is 12.5. The summed E-state index contributed by atoms with van der Waals surface area (Å²) in [5, 5.41) is 10.3. The first kappa shape index (κ1) is 24.1. The highest BCUT2D eigenvalue weighted by Crippen LogP contribution is 2.23. The van der Waals surface area contributed by atoms with E-state index >= 15 is 0 Å². The van der Waals surface area contributed by atoms with Gasteiger partial charge in [0, 0.05) is 19.6 Å². The van der Waals surface area contributed by atoms with Crippen molar-refractivity contribution < 1.29 is 15.0 Å². The molecule has 9 heteroatoms. The monoisotopic (exact) mass is 430 g/mol. The number of carbonyl (C=O) groups excluding carboxylic acids is 1. The summed E-state index contributed by atoms with van der Waals surface area (Å²) in [6.45, 7) is 10.9. The molecule has 1 amide bonds. The normalized spacial score (nSPS) is 12.9. The fourth-order valence-corrected chi connectivity index (χ4v) is 3.01. The van der Waals surface area contributed by atoms with Crippen LogP contribution < -0.4 is 5.32 Å². The molecule has 1 fully saturated rings. The molecule has 2 aromatic heterocycles. The van der Waals surface area contributed by atoms with E-state index in [0.29, 0.717) is 23.8 Å². The topological polar surface area (TPSA) is 97.0 Å². The van der Waals surface area contributed by atoms with Gasteiger partial charge in [0.05, 0.1) is 18.9 Å². The smallest absolute Gasteiger partial charge is 0.230 e. The van der Waals surface area contributed by atoms with E-state index in [1.165, 1.54) is 25.9 Å². The van der Waals surface area contributed by atoms with Gasteiger partial charge in [-0.1, -0.05) is 19.9 Å². The number of halogens is 1. The molecule has 3 aromatic rings. The Bertz CT molecular complexity index is 946. The fourth-order valence-electron chi connectivity index (χ4n) is 3.01. The maximum absolute atomic E-state index is 12.7. The third-order valence-electron chi connectivity index (χ3n) is 4.45. The zero-order valence-corrected chi connectivity index (χ0v) is 18.4. The van der Waals surface area contributed by atoms with Gasteiger partial charge >= 0.3 is 0 Å². The fraction of sp³-hybridized carbons (Fsp3) is 0.409. The van der Waals surface area contributed by atoms with Crippen LogP contribution in [0.2, 0.25) is 0 Å². The van der Waals surface area contributed by atoms with E-state index in [0.717, 1.165) is 36.0 Å². The number of rotatable bonds is 5. The number of amides is 1. The van der Waals surface area contributed by atoms with Gasteiger partial charge in [-0.05, 0) is 50.6 Å². The molecule has 1 aromatic carbocycles. The number of anilines is 1. The summed E-state index contributed by atoms with van der Waals surface area (Å²) in [7, 11) is 0. The second-order valence-corrected chi connectivity index (χ2v) is 6.71. The van der Waals surface area contributed by atoms with Crippen LogP contribution in [0, 0.1) is 19.7 Å². The molecule has 0 radical (unpaired) electrons. The molecule has 0 saturated carbocycles. The summed E-state index contributed by atoms with van der Waals surface area (Å²) in [6.07, 6.45) is 5.42. The molecule has 3 heterocycles. The second-order valence-electron chi connectivity index (χ2n) is 6.71.